The lowest BCUT2D eigenvalue weighted by Crippen LogP contribution is -2.37. The van der Waals surface area contributed by atoms with Crippen molar-refractivity contribution in [2.75, 3.05) is 10.6 Å². The average Bonchev–Trinajstić information content (AvgIpc) is 2.86. The highest BCUT2D eigenvalue weighted by Gasteiger charge is 2.34. The Hall–Kier alpha value is -3.22. The molecule has 1 aliphatic rings. The van der Waals surface area contributed by atoms with Crippen molar-refractivity contribution in [3.63, 3.8) is 0 Å². The second-order valence-electron chi connectivity index (χ2n) is 8.03. The number of rotatable bonds is 6. The van der Waals surface area contributed by atoms with Crippen LogP contribution in [0.4, 0.5) is 11.4 Å². The van der Waals surface area contributed by atoms with Crippen LogP contribution in [0.2, 0.25) is 5.02 Å². The van der Waals surface area contributed by atoms with Gasteiger partial charge in [-0.05, 0) is 55.3 Å². The van der Waals surface area contributed by atoms with Gasteiger partial charge in [0, 0.05) is 26.3 Å². The molecule has 2 N–H and O–H groups in total. The third-order valence-corrected chi connectivity index (χ3v) is 6.50. The lowest BCUT2D eigenvalue weighted by atomic mass is 9.81. The number of allylic oxidation sites excluding steroid dienone is 2. The normalized spacial score (nSPS) is 17.1. The number of ketones is 1. The van der Waals surface area contributed by atoms with E-state index in [0.717, 1.165) is 4.47 Å². The standard InChI is InChI=1S/C27H22BrClN2O3/c28-18-10-13-20(14-11-18)30-26(33)21-8-4-5-9-22(21)27(34)31-24-15-12-19(29)16-23(24)25(32)17-6-2-1-3-7-17/h1-7,10-16,21-22H,8-9H2,(H,30,33)(H,31,34). The van der Waals surface area contributed by atoms with Crippen LogP contribution in [0.3, 0.4) is 0 Å². The van der Waals surface area contributed by atoms with E-state index in [1.165, 1.54) is 0 Å². The van der Waals surface area contributed by atoms with E-state index >= 15 is 0 Å². The largest absolute Gasteiger partial charge is 0.326 e. The Morgan fingerprint density at radius 3 is 2.06 bits per heavy atom. The fourth-order valence-corrected chi connectivity index (χ4v) is 4.38. The van der Waals surface area contributed by atoms with Crippen LogP contribution < -0.4 is 10.6 Å². The van der Waals surface area contributed by atoms with Gasteiger partial charge in [0.1, 0.15) is 0 Å². The molecule has 0 aromatic heterocycles. The third-order valence-electron chi connectivity index (χ3n) is 5.74. The van der Waals surface area contributed by atoms with Crippen molar-refractivity contribution in [3.05, 3.63) is 106 Å². The van der Waals surface area contributed by atoms with Crippen LogP contribution in [0.25, 0.3) is 0 Å². The van der Waals surface area contributed by atoms with E-state index in [-0.39, 0.29) is 17.6 Å². The van der Waals surface area contributed by atoms with E-state index in [4.69, 9.17) is 11.6 Å². The van der Waals surface area contributed by atoms with Gasteiger partial charge in [0.25, 0.3) is 0 Å². The van der Waals surface area contributed by atoms with Gasteiger partial charge in [-0.15, -0.1) is 0 Å². The second kappa shape index (κ2) is 10.8. The summed E-state index contributed by atoms with van der Waals surface area (Å²) in [6.45, 7) is 0. The van der Waals surface area contributed by atoms with Gasteiger partial charge in [0.05, 0.1) is 17.5 Å². The van der Waals surface area contributed by atoms with Gasteiger partial charge in [-0.1, -0.05) is 70.0 Å². The Balaban J connectivity index is 1.54. The van der Waals surface area contributed by atoms with E-state index in [2.05, 4.69) is 26.6 Å². The number of nitrogens with one attached hydrogen (secondary N) is 2. The molecule has 2 atom stereocenters. The maximum absolute atomic E-state index is 13.3. The van der Waals surface area contributed by atoms with Crippen LogP contribution in [0.5, 0.6) is 0 Å². The topological polar surface area (TPSA) is 75.3 Å². The van der Waals surface area contributed by atoms with Gasteiger partial charge in [0.2, 0.25) is 11.8 Å². The van der Waals surface area contributed by atoms with Crippen molar-refractivity contribution in [3.8, 4) is 0 Å². The summed E-state index contributed by atoms with van der Waals surface area (Å²) in [5.41, 5.74) is 1.82. The van der Waals surface area contributed by atoms with Gasteiger partial charge < -0.3 is 10.6 Å². The fraction of sp³-hybridized carbons (Fsp3) is 0.148. The van der Waals surface area contributed by atoms with Crippen molar-refractivity contribution < 1.29 is 14.4 Å². The molecule has 3 aromatic carbocycles. The number of amides is 2. The number of hydrogen-bond acceptors (Lipinski definition) is 3. The van der Waals surface area contributed by atoms with Crippen LogP contribution in [0, 0.1) is 11.8 Å². The Kier molecular flexibility index (Phi) is 7.60. The third kappa shape index (κ3) is 5.64. The lowest BCUT2D eigenvalue weighted by Gasteiger charge is -2.27. The number of hydrogen-bond donors (Lipinski definition) is 2. The van der Waals surface area contributed by atoms with Crippen LogP contribution in [-0.4, -0.2) is 17.6 Å². The molecule has 5 nitrogen and oxygen atoms in total. The molecule has 0 saturated carbocycles. The first-order valence-electron chi connectivity index (χ1n) is 10.8. The maximum atomic E-state index is 13.3. The smallest absolute Gasteiger partial charge is 0.228 e. The summed E-state index contributed by atoms with van der Waals surface area (Å²) in [5, 5.41) is 6.17. The molecular weight excluding hydrogens is 516 g/mol. The summed E-state index contributed by atoms with van der Waals surface area (Å²) < 4.78 is 0.909. The van der Waals surface area contributed by atoms with E-state index in [1.54, 1.807) is 54.6 Å². The first-order valence-corrected chi connectivity index (χ1v) is 12.0. The Labute approximate surface area is 211 Å². The van der Waals surface area contributed by atoms with Crippen LogP contribution in [-0.2, 0) is 9.59 Å². The summed E-state index contributed by atoms with van der Waals surface area (Å²) >= 11 is 9.53. The van der Waals surface area contributed by atoms with Crippen molar-refractivity contribution in [2.45, 2.75) is 12.8 Å². The van der Waals surface area contributed by atoms with Crippen LogP contribution in [0.15, 0.2) is 89.4 Å². The predicted octanol–water partition coefficient (Wildman–Crippen LogP) is 6.49. The van der Waals surface area contributed by atoms with Crippen LogP contribution in [0.1, 0.15) is 28.8 Å². The summed E-state index contributed by atoms with van der Waals surface area (Å²) in [6.07, 6.45) is 4.71. The zero-order valence-electron chi connectivity index (χ0n) is 18.1. The molecule has 4 rings (SSSR count). The molecular formula is C27H22BrClN2O3. The Bertz CT molecular complexity index is 1240. The molecule has 0 saturated heterocycles. The first-order chi connectivity index (χ1) is 16.4. The lowest BCUT2D eigenvalue weighted by molar-refractivity contribution is -0.129. The van der Waals surface area contributed by atoms with E-state index < -0.39 is 11.8 Å². The number of halogens is 2. The molecule has 7 heteroatoms. The molecule has 2 unspecified atom stereocenters. The SMILES string of the molecule is O=C(c1ccccc1)c1cc(Cl)ccc1NC(=O)C1CC=CCC1C(=O)Nc1ccc(Br)cc1. The van der Waals surface area contributed by atoms with Crippen molar-refractivity contribution in [2.24, 2.45) is 11.8 Å². The van der Waals surface area contributed by atoms with Gasteiger partial charge in [-0.25, -0.2) is 0 Å². The minimum absolute atomic E-state index is 0.219. The van der Waals surface area contributed by atoms with Gasteiger partial charge in [-0.3, -0.25) is 14.4 Å². The number of carbonyl (C=O) groups is 3. The fourth-order valence-electron chi connectivity index (χ4n) is 3.95. The number of anilines is 2. The molecule has 1 aliphatic carbocycles. The maximum Gasteiger partial charge on any atom is 0.228 e. The summed E-state index contributed by atoms with van der Waals surface area (Å²) in [4.78, 5) is 39.4. The highest BCUT2D eigenvalue weighted by Crippen LogP contribution is 2.30. The van der Waals surface area contributed by atoms with Gasteiger partial charge in [0.15, 0.2) is 5.78 Å². The first kappa shape index (κ1) is 23.9. The molecule has 0 aliphatic heterocycles. The quantitative estimate of drug-likeness (QED) is 0.279. The monoisotopic (exact) mass is 536 g/mol. The number of benzene rings is 3. The average molecular weight is 538 g/mol. The van der Waals surface area contributed by atoms with Gasteiger partial charge in [-0.2, -0.15) is 0 Å². The zero-order valence-corrected chi connectivity index (χ0v) is 20.5. The minimum atomic E-state index is -0.573. The van der Waals surface area contributed by atoms with Crippen LogP contribution >= 0.6 is 27.5 Å². The summed E-state index contributed by atoms with van der Waals surface area (Å²) in [5.74, 6) is -1.88. The number of carbonyl (C=O) groups excluding carboxylic acids is 3. The zero-order chi connectivity index (χ0) is 24.1. The summed E-state index contributed by atoms with van der Waals surface area (Å²) in [6, 6.07) is 20.9. The molecule has 0 heterocycles. The minimum Gasteiger partial charge on any atom is -0.326 e. The van der Waals surface area contributed by atoms with E-state index in [1.807, 2.05) is 30.4 Å². The highest BCUT2D eigenvalue weighted by molar-refractivity contribution is 9.10. The molecule has 0 fully saturated rings. The van der Waals surface area contributed by atoms with Crippen molar-refractivity contribution >= 4 is 56.5 Å². The predicted molar refractivity (Wildman–Crippen MR) is 138 cm³/mol. The molecule has 0 bridgehead atoms. The van der Waals surface area contributed by atoms with E-state index in [9.17, 15) is 14.4 Å². The molecule has 2 amide bonds. The summed E-state index contributed by atoms with van der Waals surface area (Å²) in [7, 11) is 0. The molecule has 0 spiro atoms. The highest BCUT2D eigenvalue weighted by atomic mass is 79.9. The molecule has 3 aromatic rings. The Morgan fingerprint density at radius 1 is 0.794 bits per heavy atom. The van der Waals surface area contributed by atoms with E-state index in [0.29, 0.717) is 40.4 Å². The Morgan fingerprint density at radius 2 is 1.41 bits per heavy atom. The second-order valence-corrected chi connectivity index (χ2v) is 9.38. The van der Waals surface area contributed by atoms with Crippen molar-refractivity contribution in [1.82, 2.24) is 0 Å². The molecule has 34 heavy (non-hydrogen) atoms. The van der Waals surface area contributed by atoms with Gasteiger partial charge >= 0.3 is 0 Å². The molecule has 0 radical (unpaired) electrons. The van der Waals surface area contributed by atoms with Crippen molar-refractivity contribution in [1.29, 1.82) is 0 Å². The molecule has 172 valence electrons.